The Balaban J connectivity index is 2.06. The van der Waals surface area contributed by atoms with Crippen LogP contribution in [-0.4, -0.2) is 17.3 Å². The van der Waals surface area contributed by atoms with Crippen molar-refractivity contribution in [2.75, 3.05) is 6.54 Å². The van der Waals surface area contributed by atoms with Gasteiger partial charge in [0.25, 0.3) is 0 Å². The maximum atomic E-state index is 4.81. The molecule has 0 aliphatic carbocycles. The Morgan fingerprint density at radius 3 is 2.81 bits per heavy atom. The van der Waals surface area contributed by atoms with Gasteiger partial charge in [-0.05, 0) is 49.4 Å². The molecular weight excluding hydrogens is 196 g/mol. The van der Waals surface area contributed by atoms with Crippen molar-refractivity contribution < 1.29 is 0 Å². The number of benzene rings is 1. The standard InChI is InChI=1S/C14H18N2/c1-10-7-12-9-16-6-4-3-5-14(16)15-13(12)8-11(10)2/h7-8H,3-6,9H2,1-2H3. The molecule has 2 aliphatic heterocycles. The predicted molar refractivity (Wildman–Crippen MR) is 67.3 cm³/mol. The molecule has 2 nitrogen and oxygen atoms in total. The van der Waals surface area contributed by atoms with Crippen LogP contribution in [0, 0.1) is 13.8 Å². The van der Waals surface area contributed by atoms with Crippen molar-refractivity contribution in [1.82, 2.24) is 4.90 Å². The average molecular weight is 214 g/mol. The molecule has 1 saturated heterocycles. The predicted octanol–water partition coefficient (Wildman–Crippen LogP) is 3.33. The summed E-state index contributed by atoms with van der Waals surface area (Å²) < 4.78 is 0. The van der Waals surface area contributed by atoms with E-state index in [0.29, 0.717) is 0 Å². The second kappa shape index (κ2) is 3.62. The number of hydrogen-bond acceptors (Lipinski definition) is 2. The Kier molecular flexibility index (Phi) is 2.23. The summed E-state index contributed by atoms with van der Waals surface area (Å²) in [6.07, 6.45) is 3.78. The fraction of sp³-hybridized carbons (Fsp3) is 0.500. The molecule has 0 atom stereocenters. The molecule has 2 aliphatic rings. The minimum absolute atomic E-state index is 1.06. The highest BCUT2D eigenvalue weighted by Gasteiger charge is 2.22. The van der Waals surface area contributed by atoms with E-state index in [1.54, 1.807) is 0 Å². The quantitative estimate of drug-likeness (QED) is 0.646. The van der Waals surface area contributed by atoms with Crippen LogP contribution in [0.5, 0.6) is 0 Å². The van der Waals surface area contributed by atoms with Crippen molar-refractivity contribution in [3.63, 3.8) is 0 Å². The Morgan fingerprint density at radius 1 is 1.12 bits per heavy atom. The van der Waals surface area contributed by atoms with E-state index in [-0.39, 0.29) is 0 Å². The number of aryl methyl sites for hydroxylation is 2. The van der Waals surface area contributed by atoms with Crippen LogP contribution in [0.2, 0.25) is 0 Å². The highest BCUT2D eigenvalue weighted by Crippen LogP contribution is 2.31. The van der Waals surface area contributed by atoms with Crippen LogP contribution in [0.15, 0.2) is 17.1 Å². The molecular formula is C14H18N2. The fourth-order valence-electron chi connectivity index (χ4n) is 2.61. The monoisotopic (exact) mass is 214 g/mol. The lowest BCUT2D eigenvalue weighted by molar-refractivity contribution is 0.359. The third-order valence-corrected chi connectivity index (χ3v) is 3.75. The molecule has 0 saturated carbocycles. The first kappa shape index (κ1) is 9.88. The lowest BCUT2D eigenvalue weighted by Gasteiger charge is -2.34. The molecule has 0 radical (unpaired) electrons. The second-order valence-electron chi connectivity index (χ2n) is 4.97. The van der Waals surface area contributed by atoms with Crippen LogP contribution in [0.3, 0.4) is 0 Å². The van der Waals surface area contributed by atoms with Gasteiger partial charge in [0, 0.05) is 19.5 Å². The molecule has 1 aromatic rings. The van der Waals surface area contributed by atoms with Crippen LogP contribution >= 0.6 is 0 Å². The number of amidine groups is 1. The SMILES string of the molecule is Cc1cc2c(cc1C)N=C1CCCCN1C2. The molecule has 0 bridgehead atoms. The molecule has 0 unspecified atom stereocenters. The number of aliphatic imine (C=N–C) groups is 1. The number of piperidine rings is 1. The van der Waals surface area contributed by atoms with Crippen molar-refractivity contribution in [2.45, 2.75) is 39.7 Å². The lowest BCUT2D eigenvalue weighted by atomic mass is 10.00. The summed E-state index contributed by atoms with van der Waals surface area (Å²) in [7, 11) is 0. The number of rotatable bonds is 0. The Hall–Kier alpha value is -1.31. The van der Waals surface area contributed by atoms with Crippen molar-refractivity contribution in [3.05, 3.63) is 28.8 Å². The Labute approximate surface area is 97.0 Å². The molecule has 1 aromatic carbocycles. The number of fused-ring (bicyclic) bond motifs is 2. The molecule has 0 amide bonds. The normalized spacial score (nSPS) is 18.9. The fourth-order valence-corrected chi connectivity index (χ4v) is 2.61. The van der Waals surface area contributed by atoms with E-state index < -0.39 is 0 Å². The van der Waals surface area contributed by atoms with Gasteiger partial charge in [-0.2, -0.15) is 0 Å². The molecule has 3 rings (SSSR count). The molecule has 0 N–H and O–H groups in total. The zero-order valence-corrected chi connectivity index (χ0v) is 10.1. The minimum atomic E-state index is 1.06. The van der Waals surface area contributed by atoms with E-state index in [0.717, 1.165) is 13.0 Å². The van der Waals surface area contributed by atoms with Crippen LogP contribution < -0.4 is 0 Å². The van der Waals surface area contributed by atoms with Crippen LogP contribution in [0.25, 0.3) is 0 Å². The van der Waals surface area contributed by atoms with Gasteiger partial charge < -0.3 is 4.90 Å². The van der Waals surface area contributed by atoms with Crippen molar-refractivity contribution in [1.29, 1.82) is 0 Å². The highest BCUT2D eigenvalue weighted by atomic mass is 15.2. The summed E-state index contributed by atoms with van der Waals surface area (Å²) in [4.78, 5) is 7.26. The summed E-state index contributed by atoms with van der Waals surface area (Å²) in [5, 5.41) is 0. The van der Waals surface area contributed by atoms with E-state index in [9.17, 15) is 0 Å². The van der Waals surface area contributed by atoms with Gasteiger partial charge in [-0.15, -0.1) is 0 Å². The van der Waals surface area contributed by atoms with E-state index >= 15 is 0 Å². The lowest BCUT2D eigenvalue weighted by Crippen LogP contribution is -2.36. The smallest absolute Gasteiger partial charge is 0.105 e. The van der Waals surface area contributed by atoms with E-state index in [4.69, 9.17) is 4.99 Å². The van der Waals surface area contributed by atoms with Crippen LogP contribution in [0.4, 0.5) is 5.69 Å². The summed E-state index contributed by atoms with van der Waals surface area (Å²) in [6, 6.07) is 4.54. The van der Waals surface area contributed by atoms with Gasteiger partial charge >= 0.3 is 0 Å². The zero-order chi connectivity index (χ0) is 11.1. The van der Waals surface area contributed by atoms with E-state index in [2.05, 4.69) is 30.9 Å². The van der Waals surface area contributed by atoms with Gasteiger partial charge in [0.1, 0.15) is 5.84 Å². The maximum absolute atomic E-state index is 4.81. The van der Waals surface area contributed by atoms with E-state index in [1.807, 2.05) is 0 Å². The third kappa shape index (κ3) is 1.53. The first-order valence-corrected chi connectivity index (χ1v) is 6.17. The van der Waals surface area contributed by atoms with Crippen LogP contribution in [-0.2, 0) is 6.54 Å². The molecule has 0 aromatic heterocycles. The summed E-state index contributed by atoms with van der Waals surface area (Å²) >= 11 is 0. The number of hydrogen-bond donors (Lipinski definition) is 0. The van der Waals surface area contributed by atoms with Gasteiger partial charge in [0.2, 0.25) is 0 Å². The van der Waals surface area contributed by atoms with Gasteiger partial charge in [-0.25, -0.2) is 4.99 Å². The first-order valence-electron chi connectivity index (χ1n) is 6.17. The Morgan fingerprint density at radius 2 is 1.94 bits per heavy atom. The zero-order valence-electron chi connectivity index (χ0n) is 10.1. The summed E-state index contributed by atoms with van der Waals surface area (Å²) in [6.45, 7) is 6.61. The minimum Gasteiger partial charge on any atom is -0.356 e. The number of nitrogens with zero attached hydrogens (tertiary/aromatic N) is 2. The van der Waals surface area contributed by atoms with Gasteiger partial charge in [0.05, 0.1) is 5.69 Å². The van der Waals surface area contributed by atoms with E-state index in [1.165, 1.54) is 47.6 Å². The van der Waals surface area contributed by atoms with Gasteiger partial charge in [0.15, 0.2) is 0 Å². The highest BCUT2D eigenvalue weighted by molar-refractivity contribution is 5.87. The van der Waals surface area contributed by atoms with Gasteiger partial charge in [-0.3, -0.25) is 0 Å². The second-order valence-corrected chi connectivity index (χ2v) is 4.97. The largest absolute Gasteiger partial charge is 0.356 e. The van der Waals surface area contributed by atoms with Crippen molar-refractivity contribution in [3.8, 4) is 0 Å². The molecule has 84 valence electrons. The molecule has 1 fully saturated rings. The summed E-state index contributed by atoms with van der Waals surface area (Å²) in [5.41, 5.74) is 5.34. The van der Waals surface area contributed by atoms with Crippen molar-refractivity contribution in [2.24, 2.45) is 4.99 Å². The maximum Gasteiger partial charge on any atom is 0.105 e. The molecule has 2 heterocycles. The third-order valence-electron chi connectivity index (χ3n) is 3.75. The Bertz CT molecular complexity index is 460. The average Bonchev–Trinajstić information content (AvgIpc) is 2.28. The topological polar surface area (TPSA) is 15.6 Å². The molecule has 2 heteroatoms. The van der Waals surface area contributed by atoms with Crippen molar-refractivity contribution >= 4 is 11.5 Å². The van der Waals surface area contributed by atoms with Gasteiger partial charge in [-0.1, -0.05) is 6.07 Å². The molecule has 0 spiro atoms. The molecule has 16 heavy (non-hydrogen) atoms. The summed E-state index contributed by atoms with van der Waals surface area (Å²) in [5.74, 6) is 1.31. The van der Waals surface area contributed by atoms with Crippen LogP contribution in [0.1, 0.15) is 36.0 Å². The first-order chi connectivity index (χ1) is 7.74.